The van der Waals surface area contributed by atoms with Crippen molar-refractivity contribution in [1.82, 2.24) is 15.0 Å². The van der Waals surface area contributed by atoms with E-state index >= 15 is 0 Å². The molecule has 3 nitrogen and oxygen atoms in total. The molecular weight excluding hydrogens is 667 g/mol. The molecule has 260 valence electrons. The van der Waals surface area contributed by atoms with Gasteiger partial charge in [-0.2, -0.15) is 0 Å². The first-order chi connectivity index (χ1) is 27.3. The zero-order chi connectivity index (χ0) is 36.6. The fourth-order valence-corrected chi connectivity index (χ4v) is 8.56. The fraction of sp³-hybridized carbons (Fsp3) is 0.0577. The van der Waals surface area contributed by atoms with Gasteiger partial charge < -0.3 is 0 Å². The molecule has 0 bridgehead atoms. The van der Waals surface area contributed by atoms with Gasteiger partial charge in [0.2, 0.25) is 0 Å². The monoisotopic (exact) mass is 703 g/mol. The van der Waals surface area contributed by atoms with Gasteiger partial charge in [0.15, 0.2) is 17.5 Å². The van der Waals surface area contributed by atoms with E-state index < -0.39 is 5.41 Å². The van der Waals surface area contributed by atoms with Crippen LogP contribution in [0.5, 0.6) is 0 Å². The highest BCUT2D eigenvalue weighted by molar-refractivity contribution is 5.90. The van der Waals surface area contributed by atoms with Gasteiger partial charge in [-0.3, -0.25) is 0 Å². The Labute approximate surface area is 322 Å². The molecule has 2 aliphatic carbocycles. The highest BCUT2D eigenvalue weighted by Crippen LogP contribution is 2.57. The minimum Gasteiger partial charge on any atom is -0.208 e. The van der Waals surface area contributed by atoms with Gasteiger partial charge in [-0.05, 0) is 86.7 Å². The summed E-state index contributed by atoms with van der Waals surface area (Å²) >= 11 is 0. The summed E-state index contributed by atoms with van der Waals surface area (Å²) in [4.78, 5) is 14.9. The number of hydrogen-bond acceptors (Lipinski definition) is 3. The van der Waals surface area contributed by atoms with Crippen molar-refractivity contribution in [3.8, 4) is 56.4 Å². The molecule has 0 saturated carbocycles. The third-order valence-electron chi connectivity index (χ3n) is 11.1. The molecule has 2 aliphatic rings. The number of benzene rings is 7. The minimum atomic E-state index is -0.395. The van der Waals surface area contributed by atoms with Crippen molar-refractivity contribution >= 4 is 5.57 Å². The van der Waals surface area contributed by atoms with Crippen molar-refractivity contribution < 1.29 is 0 Å². The highest BCUT2D eigenvalue weighted by Gasteiger charge is 2.47. The van der Waals surface area contributed by atoms with Crippen LogP contribution < -0.4 is 0 Å². The first-order valence-corrected chi connectivity index (χ1v) is 19.0. The van der Waals surface area contributed by atoms with Crippen LogP contribution >= 0.6 is 0 Å². The Morgan fingerprint density at radius 3 is 1.36 bits per heavy atom. The third-order valence-corrected chi connectivity index (χ3v) is 11.1. The highest BCUT2D eigenvalue weighted by atomic mass is 15.0. The molecule has 0 fully saturated rings. The Bertz CT molecular complexity index is 2640. The van der Waals surface area contributed by atoms with E-state index in [9.17, 15) is 0 Å². The van der Waals surface area contributed by atoms with E-state index in [1.165, 1.54) is 44.5 Å². The van der Waals surface area contributed by atoms with Crippen LogP contribution in [0.25, 0.3) is 62.0 Å². The standard InChI is InChI=1S/C52H37N3/c1-5-17-36(18-6-1)49-53-50(37-19-7-2-8-20-37)55-51(54-49)42-24-16-23-40(34-42)38-21-15-22-39(33-38)41-31-32-46-45-29-13-14-30-47(45)52(48(46)35-41,43-25-9-3-10-26-43)44-27-11-4-12-28-44/h1-12,14-28,30-35H,13,29H2. The molecule has 0 aliphatic heterocycles. The summed E-state index contributed by atoms with van der Waals surface area (Å²) in [6.07, 6.45) is 6.86. The first-order valence-electron chi connectivity index (χ1n) is 19.0. The molecule has 0 saturated heterocycles. The quantitative estimate of drug-likeness (QED) is 0.166. The summed E-state index contributed by atoms with van der Waals surface area (Å²) < 4.78 is 0. The number of aromatic nitrogens is 3. The molecule has 8 aromatic rings. The lowest BCUT2D eigenvalue weighted by Gasteiger charge is -2.35. The van der Waals surface area contributed by atoms with Gasteiger partial charge in [-0.1, -0.05) is 182 Å². The van der Waals surface area contributed by atoms with Crippen molar-refractivity contribution in [2.75, 3.05) is 0 Å². The van der Waals surface area contributed by atoms with E-state index in [2.05, 4.69) is 140 Å². The molecule has 0 N–H and O–H groups in total. The summed E-state index contributed by atoms with van der Waals surface area (Å²) in [7, 11) is 0. The molecule has 1 heterocycles. The lowest BCUT2D eigenvalue weighted by atomic mass is 9.66. The molecule has 0 amide bonds. The van der Waals surface area contributed by atoms with Crippen molar-refractivity contribution in [1.29, 1.82) is 0 Å². The number of nitrogens with zero attached hydrogens (tertiary/aromatic N) is 3. The van der Waals surface area contributed by atoms with Gasteiger partial charge in [0, 0.05) is 16.7 Å². The molecule has 7 aromatic carbocycles. The molecule has 0 spiro atoms. The predicted octanol–water partition coefficient (Wildman–Crippen LogP) is 12.7. The maximum Gasteiger partial charge on any atom is 0.164 e. The van der Waals surface area contributed by atoms with E-state index in [-0.39, 0.29) is 0 Å². The largest absolute Gasteiger partial charge is 0.208 e. The van der Waals surface area contributed by atoms with Gasteiger partial charge in [-0.25, -0.2) is 15.0 Å². The molecule has 0 radical (unpaired) electrons. The SMILES string of the molecule is C1=CC2=C(CC1)c1ccc(-c3cccc(-c4cccc(-c5nc(-c6ccccc6)nc(-c6ccccc6)n5)c4)c3)cc1C2(c1ccccc1)c1ccccc1. The van der Waals surface area contributed by atoms with Crippen molar-refractivity contribution in [2.24, 2.45) is 0 Å². The van der Waals surface area contributed by atoms with Gasteiger partial charge in [0.1, 0.15) is 0 Å². The topological polar surface area (TPSA) is 38.7 Å². The third kappa shape index (κ3) is 5.73. The second kappa shape index (κ2) is 13.8. The van der Waals surface area contributed by atoms with Crippen LogP contribution in [0, 0.1) is 0 Å². The van der Waals surface area contributed by atoms with E-state index in [1.54, 1.807) is 0 Å². The first kappa shape index (κ1) is 32.7. The maximum atomic E-state index is 5.00. The summed E-state index contributed by atoms with van der Waals surface area (Å²) in [6.45, 7) is 0. The van der Waals surface area contributed by atoms with Crippen LogP contribution in [0.2, 0.25) is 0 Å². The van der Waals surface area contributed by atoms with Crippen molar-refractivity contribution in [2.45, 2.75) is 18.3 Å². The fourth-order valence-electron chi connectivity index (χ4n) is 8.56. The summed E-state index contributed by atoms with van der Waals surface area (Å²) in [5.74, 6) is 1.96. The van der Waals surface area contributed by atoms with E-state index in [4.69, 9.17) is 15.0 Å². The second-order valence-corrected chi connectivity index (χ2v) is 14.3. The Hall–Kier alpha value is -6.97. The van der Waals surface area contributed by atoms with Crippen LogP contribution in [0.15, 0.2) is 206 Å². The normalized spacial score (nSPS) is 14.0. The summed E-state index contributed by atoms with van der Waals surface area (Å²) in [5, 5.41) is 0. The minimum absolute atomic E-state index is 0.395. The molecule has 0 atom stereocenters. The van der Waals surface area contributed by atoms with Gasteiger partial charge in [0.05, 0.1) is 5.41 Å². The van der Waals surface area contributed by atoms with E-state index in [1.807, 2.05) is 60.7 Å². The lowest BCUT2D eigenvalue weighted by Crippen LogP contribution is -2.29. The molecule has 1 aromatic heterocycles. The number of allylic oxidation sites excluding steroid dienone is 4. The average molecular weight is 704 g/mol. The number of hydrogen-bond donors (Lipinski definition) is 0. The van der Waals surface area contributed by atoms with Crippen molar-refractivity contribution in [3.63, 3.8) is 0 Å². The maximum absolute atomic E-state index is 5.00. The predicted molar refractivity (Wildman–Crippen MR) is 225 cm³/mol. The molecule has 0 unspecified atom stereocenters. The zero-order valence-electron chi connectivity index (χ0n) is 30.3. The Kier molecular flexibility index (Phi) is 8.18. The van der Waals surface area contributed by atoms with E-state index in [0.717, 1.165) is 40.7 Å². The van der Waals surface area contributed by atoms with Crippen LogP contribution in [0.1, 0.15) is 35.1 Å². The van der Waals surface area contributed by atoms with E-state index in [0.29, 0.717) is 17.5 Å². The second-order valence-electron chi connectivity index (χ2n) is 14.3. The Morgan fingerprint density at radius 1 is 0.382 bits per heavy atom. The molecule has 10 rings (SSSR count). The summed E-state index contributed by atoms with van der Waals surface area (Å²) in [6, 6.07) is 67.0. The number of rotatable bonds is 7. The lowest BCUT2D eigenvalue weighted by molar-refractivity contribution is 0.757. The van der Waals surface area contributed by atoms with Crippen LogP contribution in [0.4, 0.5) is 0 Å². The molecule has 55 heavy (non-hydrogen) atoms. The smallest absolute Gasteiger partial charge is 0.164 e. The Morgan fingerprint density at radius 2 is 0.818 bits per heavy atom. The van der Waals surface area contributed by atoms with Crippen LogP contribution in [-0.4, -0.2) is 15.0 Å². The molecule has 3 heteroatoms. The van der Waals surface area contributed by atoms with Gasteiger partial charge in [0.25, 0.3) is 0 Å². The summed E-state index contributed by atoms with van der Waals surface area (Å²) in [5.41, 5.74) is 15.3. The van der Waals surface area contributed by atoms with Gasteiger partial charge in [-0.15, -0.1) is 0 Å². The molecular formula is C52H37N3. The zero-order valence-corrected chi connectivity index (χ0v) is 30.3. The Balaban J connectivity index is 1.07. The van der Waals surface area contributed by atoms with Crippen LogP contribution in [0.3, 0.4) is 0 Å². The van der Waals surface area contributed by atoms with Crippen LogP contribution in [-0.2, 0) is 5.41 Å². The number of fused-ring (bicyclic) bond motifs is 2. The van der Waals surface area contributed by atoms with Crippen molar-refractivity contribution in [3.05, 3.63) is 228 Å². The van der Waals surface area contributed by atoms with Gasteiger partial charge >= 0.3 is 0 Å². The average Bonchev–Trinajstić information content (AvgIpc) is 3.58.